The molecule has 0 saturated heterocycles. The van der Waals surface area contributed by atoms with Crippen LogP contribution in [0.1, 0.15) is 16.2 Å². The Morgan fingerprint density at radius 3 is 2.59 bits per heavy atom. The average molecular weight is 362 g/mol. The van der Waals surface area contributed by atoms with E-state index in [0.29, 0.717) is 28.0 Å². The van der Waals surface area contributed by atoms with E-state index in [1.165, 1.54) is 6.08 Å². The van der Waals surface area contributed by atoms with Gasteiger partial charge in [-0.1, -0.05) is 34.7 Å². The largest absolute Gasteiger partial charge is 0.450 e. The highest BCUT2D eigenvalue weighted by atomic mass is 16.5. The van der Waals surface area contributed by atoms with E-state index >= 15 is 0 Å². The summed E-state index contributed by atoms with van der Waals surface area (Å²) in [4.78, 5) is 41.5. The topological polar surface area (TPSA) is 114 Å². The molecule has 4 rings (SSSR count). The molecule has 1 heterocycles. The molecule has 1 N–H and O–H groups in total. The van der Waals surface area contributed by atoms with Crippen molar-refractivity contribution in [1.82, 2.24) is 9.97 Å². The van der Waals surface area contributed by atoms with Gasteiger partial charge in [0.05, 0.1) is 16.6 Å². The fourth-order valence-electron chi connectivity index (χ4n) is 2.96. The van der Waals surface area contributed by atoms with Gasteiger partial charge in [0.1, 0.15) is 24.0 Å². The summed E-state index contributed by atoms with van der Waals surface area (Å²) in [6, 6.07) is 3.34. The zero-order valence-corrected chi connectivity index (χ0v) is 14.0. The molecule has 2 aliphatic carbocycles. The Morgan fingerprint density at radius 1 is 1.07 bits per heavy atom. The minimum absolute atomic E-state index is 0.352. The van der Waals surface area contributed by atoms with Crippen LogP contribution in [0.25, 0.3) is 16.6 Å². The third kappa shape index (κ3) is 3.24. The molecule has 27 heavy (non-hydrogen) atoms. The maximum Gasteiger partial charge on any atom is 0.339 e. The normalized spacial score (nSPS) is 21.4. The van der Waals surface area contributed by atoms with Crippen LogP contribution in [0.3, 0.4) is 0 Å². The van der Waals surface area contributed by atoms with Gasteiger partial charge in [-0.25, -0.2) is 9.78 Å². The first-order valence-corrected chi connectivity index (χ1v) is 8.29. The van der Waals surface area contributed by atoms with E-state index in [2.05, 4.69) is 20.3 Å². The summed E-state index contributed by atoms with van der Waals surface area (Å²) in [6.07, 6.45) is 11.6. The molecule has 0 aliphatic heterocycles. The van der Waals surface area contributed by atoms with Gasteiger partial charge >= 0.3 is 5.97 Å². The van der Waals surface area contributed by atoms with Gasteiger partial charge in [0, 0.05) is 5.57 Å². The van der Waals surface area contributed by atoms with Crippen LogP contribution >= 0.6 is 0 Å². The van der Waals surface area contributed by atoms with Gasteiger partial charge in [0.25, 0.3) is 0 Å². The Morgan fingerprint density at radius 2 is 1.85 bits per heavy atom. The highest BCUT2D eigenvalue weighted by Gasteiger charge is 2.24. The number of esters is 1. The first-order chi connectivity index (χ1) is 13.2. The third-order valence-electron chi connectivity index (χ3n) is 4.36. The summed E-state index contributed by atoms with van der Waals surface area (Å²) in [5.74, 6) is 0.0718. The van der Waals surface area contributed by atoms with Gasteiger partial charge in [-0.05, 0) is 36.4 Å². The number of ether oxygens (including phenoxy) is 1. The van der Waals surface area contributed by atoms with Crippen molar-refractivity contribution in [3.63, 3.8) is 0 Å². The van der Waals surface area contributed by atoms with Gasteiger partial charge in [-0.15, -0.1) is 0 Å². The first-order valence-electron chi connectivity index (χ1n) is 8.29. The molecular weight excluding hydrogens is 348 g/mol. The number of benzene rings is 1. The van der Waals surface area contributed by atoms with Crippen LogP contribution in [-0.2, 0) is 4.74 Å². The minimum Gasteiger partial charge on any atom is -0.450 e. The summed E-state index contributed by atoms with van der Waals surface area (Å²) in [5, 5.41) is 5.81. The maximum atomic E-state index is 12.3. The number of hydrogen-bond acceptors (Lipinski definition) is 7. The quantitative estimate of drug-likeness (QED) is 0.646. The molecule has 0 spiro atoms. The van der Waals surface area contributed by atoms with Crippen LogP contribution in [-0.4, -0.2) is 34.1 Å². The van der Waals surface area contributed by atoms with Crippen molar-refractivity contribution >= 4 is 22.6 Å². The van der Waals surface area contributed by atoms with Crippen LogP contribution in [0, 0.1) is 9.81 Å². The predicted octanol–water partition coefficient (Wildman–Crippen LogP) is 3.44. The molecule has 0 saturated carbocycles. The highest BCUT2D eigenvalue weighted by Crippen LogP contribution is 2.25. The molecule has 0 bridgehead atoms. The molecule has 2 atom stereocenters. The molecule has 2 aromatic rings. The molecule has 2 unspecified atom stereocenters. The number of hydrogen-bond donors (Lipinski definition) is 1. The second-order valence-electron chi connectivity index (χ2n) is 6.13. The van der Waals surface area contributed by atoms with Gasteiger partial charge in [-0.2, -0.15) is 9.81 Å². The Bertz CT molecular complexity index is 1040. The van der Waals surface area contributed by atoms with Gasteiger partial charge < -0.3 is 9.72 Å². The Balaban J connectivity index is 1.60. The van der Waals surface area contributed by atoms with Crippen LogP contribution in [0.4, 0.5) is 0 Å². The fourth-order valence-corrected chi connectivity index (χ4v) is 2.96. The first kappa shape index (κ1) is 16.8. The Labute approximate surface area is 153 Å². The number of fused-ring (bicyclic) bond motifs is 1. The number of nitrogens with one attached hydrogen (secondary N) is 1. The third-order valence-corrected chi connectivity index (χ3v) is 4.36. The summed E-state index contributed by atoms with van der Waals surface area (Å²) in [5.41, 5.74) is 2.33. The molecule has 2 aliphatic rings. The summed E-state index contributed by atoms with van der Waals surface area (Å²) in [7, 11) is 0. The number of aromatic amines is 1. The van der Waals surface area contributed by atoms with Crippen molar-refractivity contribution in [3.05, 3.63) is 81.9 Å². The van der Waals surface area contributed by atoms with Crippen LogP contribution < -0.4 is 0 Å². The molecule has 0 radical (unpaired) electrons. The molecule has 0 fully saturated rings. The second-order valence-corrected chi connectivity index (χ2v) is 6.13. The van der Waals surface area contributed by atoms with Crippen molar-refractivity contribution in [2.24, 2.45) is 10.4 Å². The number of allylic oxidation sites excluding steroid dienone is 4. The van der Waals surface area contributed by atoms with E-state index in [0.717, 1.165) is 0 Å². The van der Waals surface area contributed by atoms with Gasteiger partial charge in [0.2, 0.25) is 0 Å². The molecule has 8 heteroatoms. The zero-order chi connectivity index (χ0) is 18.8. The van der Waals surface area contributed by atoms with Crippen molar-refractivity contribution < 1.29 is 9.53 Å². The smallest absolute Gasteiger partial charge is 0.339 e. The molecule has 134 valence electrons. The van der Waals surface area contributed by atoms with E-state index in [1.54, 1.807) is 42.5 Å². The number of rotatable bonds is 5. The molecule has 1 aromatic heterocycles. The summed E-state index contributed by atoms with van der Waals surface area (Å²) < 4.78 is 5.37. The monoisotopic (exact) mass is 362 g/mol. The predicted molar refractivity (Wildman–Crippen MR) is 99.9 cm³/mol. The van der Waals surface area contributed by atoms with E-state index in [9.17, 15) is 14.6 Å². The van der Waals surface area contributed by atoms with Crippen molar-refractivity contribution in [1.29, 1.82) is 0 Å². The fraction of sp³-hybridized carbons (Fsp3) is 0.158. The summed E-state index contributed by atoms with van der Waals surface area (Å²) in [6.45, 7) is 0. The average Bonchev–Trinajstić information content (AvgIpc) is 3.36. The van der Waals surface area contributed by atoms with E-state index in [-0.39, 0.29) is 6.10 Å². The lowest BCUT2D eigenvalue weighted by Crippen LogP contribution is -2.20. The standard InChI is InChI=1S/C19H14N4O4/c24-19(27-13-3-1-2-4-13)12-6-7-14-16(10-12)21-18(20-14)11-5-8-15(22-25)17(9-11)23-26/h1-10,13,15,17H,(H,20,21). The van der Waals surface area contributed by atoms with Crippen LogP contribution in [0.2, 0.25) is 0 Å². The Hall–Kier alpha value is -3.68. The van der Waals surface area contributed by atoms with Crippen molar-refractivity contribution in [2.45, 2.75) is 18.2 Å². The Kier molecular flexibility index (Phi) is 4.29. The molecule has 8 nitrogen and oxygen atoms in total. The number of carbonyl (C=O) groups excluding carboxylic acids is 1. The SMILES string of the molecule is O=NC1C=CC(c2nc3ccc(C(=O)OC4C=CC=C4)cc3[nH]2)=CC1N=O. The second kappa shape index (κ2) is 6.91. The minimum atomic E-state index is -0.867. The number of H-pyrrole nitrogens is 1. The number of carbonyl (C=O) groups is 1. The number of aromatic nitrogens is 2. The lowest BCUT2D eigenvalue weighted by Gasteiger charge is -2.13. The van der Waals surface area contributed by atoms with E-state index < -0.39 is 18.1 Å². The van der Waals surface area contributed by atoms with Crippen molar-refractivity contribution in [2.75, 3.05) is 0 Å². The van der Waals surface area contributed by atoms with E-state index in [1.807, 2.05) is 12.2 Å². The summed E-state index contributed by atoms with van der Waals surface area (Å²) >= 11 is 0. The molecule has 1 aromatic carbocycles. The highest BCUT2D eigenvalue weighted by molar-refractivity contribution is 5.94. The molecule has 0 amide bonds. The lowest BCUT2D eigenvalue weighted by molar-refractivity contribution is 0.0466. The maximum absolute atomic E-state index is 12.3. The number of nitrogens with zero attached hydrogens (tertiary/aromatic N) is 3. The number of imidazole rings is 1. The zero-order valence-electron chi connectivity index (χ0n) is 14.0. The number of nitroso groups, excluding NO2 is 2. The van der Waals surface area contributed by atoms with Crippen LogP contribution in [0.5, 0.6) is 0 Å². The van der Waals surface area contributed by atoms with Crippen molar-refractivity contribution in [3.8, 4) is 0 Å². The van der Waals surface area contributed by atoms with E-state index in [4.69, 9.17) is 4.74 Å². The molecular formula is C19H14N4O4. The van der Waals surface area contributed by atoms with Crippen LogP contribution in [0.15, 0.2) is 71.1 Å². The van der Waals surface area contributed by atoms with Gasteiger partial charge in [0.15, 0.2) is 0 Å². The lowest BCUT2D eigenvalue weighted by atomic mass is 9.99. The van der Waals surface area contributed by atoms with Gasteiger partial charge in [-0.3, -0.25) is 0 Å².